The summed E-state index contributed by atoms with van der Waals surface area (Å²) < 4.78 is 5.61. The van der Waals surface area contributed by atoms with Crippen LogP contribution in [0.1, 0.15) is 38.5 Å². The fourth-order valence-electron chi connectivity index (χ4n) is 2.84. The molecule has 0 amide bonds. The minimum atomic E-state index is 0.280. The first-order chi connectivity index (χ1) is 7.40. The quantitative estimate of drug-likeness (QED) is 0.703. The minimum Gasteiger partial charge on any atom is -0.374 e. The van der Waals surface area contributed by atoms with E-state index in [1.807, 2.05) is 0 Å². The maximum absolute atomic E-state index is 5.67. The summed E-state index contributed by atoms with van der Waals surface area (Å²) in [6, 6.07) is 0.811. The minimum absolute atomic E-state index is 0.280. The SMILES string of the molecule is NCC1CN(C2CCCCCC2)CCO1. The molecule has 2 N–H and O–H groups in total. The number of morpholine rings is 1. The number of hydrogen-bond acceptors (Lipinski definition) is 3. The molecule has 2 fully saturated rings. The van der Waals surface area contributed by atoms with Crippen LogP contribution in [0.3, 0.4) is 0 Å². The Balaban J connectivity index is 1.84. The van der Waals surface area contributed by atoms with Gasteiger partial charge in [-0.2, -0.15) is 0 Å². The summed E-state index contributed by atoms with van der Waals surface area (Å²) in [5.74, 6) is 0. The van der Waals surface area contributed by atoms with Crippen molar-refractivity contribution in [3.8, 4) is 0 Å². The molecule has 0 aromatic carbocycles. The summed E-state index contributed by atoms with van der Waals surface area (Å²) in [5, 5.41) is 0. The molecule has 1 heterocycles. The third kappa shape index (κ3) is 3.16. The third-order valence-electron chi connectivity index (χ3n) is 3.77. The second-order valence-electron chi connectivity index (χ2n) is 4.87. The number of hydrogen-bond donors (Lipinski definition) is 1. The summed E-state index contributed by atoms with van der Waals surface area (Å²) in [6.45, 7) is 3.71. The lowest BCUT2D eigenvalue weighted by Gasteiger charge is -2.37. The standard InChI is InChI=1S/C12H24N2O/c13-9-12-10-14(7-8-15-12)11-5-3-1-2-4-6-11/h11-12H,1-10,13H2. The van der Waals surface area contributed by atoms with Gasteiger partial charge in [-0.15, -0.1) is 0 Å². The number of ether oxygens (including phenoxy) is 1. The lowest BCUT2D eigenvalue weighted by molar-refractivity contribution is -0.0404. The van der Waals surface area contributed by atoms with Crippen LogP contribution in [0, 0.1) is 0 Å². The van der Waals surface area contributed by atoms with Crippen molar-refractivity contribution in [1.29, 1.82) is 0 Å². The van der Waals surface area contributed by atoms with Gasteiger partial charge in [0.15, 0.2) is 0 Å². The normalized spacial score (nSPS) is 31.4. The van der Waals surface area contributed by atoms with Crippen LogP contribution in [0.2, 0.25) is 0 Å². The van der Waals surface area contributed by atoms with E-state index in [0.717, 1.165) is 25.7 Å². The molecule has 88 valence electrons. The molecule has 1 saturated carbocycles. The zero-order valence-electron chi connectivity index (χ0n) is 9.66. The largest absolute Gasteiger partial charge is 0.374 e. The fraction of sp³-hybridized carbons (Fsp3) is 1.00. The van der Waals surface area contributed by atoms with Gasteiger partial charge in [0.1, 0.15) is 0 Å². The molecule has 0 radical (unpaired) electrons. The van der Waals surface area contributed by atoms with Gasteiger partial charge in [-0.25, -0.2) is 0 Å². The third-order valence-corrected chi connectivity index (χ3v) is 3.77. The van der Waals surface area contributed by atoms with Crippen LogP contribution in [0.15, 0.2) is 0 Å². The smallest absolute Gasteiger partial charge is 0.0824 e. The molecule has 0 spiro atoms. The van der Waals surface area contributed by atoms with E-state index >= 15 is 0 Å². The zero-order valence-corrected chi connectivity index (χ0v) is 9.66. The highest BCUT2D eigenvalue weighted by molar-refractivity contribution is 4.80. The lowest BCUT2D eigenvalue weighted by atomic mass is 10.1. The molecule has 3 heteroatoms. The second-order valence-corrected chi connectivity index (χ2v) is 4.87. The highest BCUT2D eigenvalue weighted by Gasteiger charge is 2.25. The topological polar surface area (TPSA) is 38.5 Å². The van der Waals surface area contributed by atoms with Gasteiger partial charge in [-0.3, -0.25) is 4.90 Å². The average molecular weight is 212 g/mol. The van der Waals surface area contributed by atoms with Crippen LogP contribution < -0.4 is 5.73 Å². The maximum Gasteiger partial charge on any atom is 0.0824 e. The molecular weight excluding hydrogens is 188 g/mol. The number of nitrogens with zero attached hydrogens (tertiary/aromatic N) is 1. The van der Waals surface area contributed by atoms with Crippen molar-refractivity contribution in [1.82, 2.24) is 4.90 Å². The van der Waals surface area contributed by atoms with E-state index in [1.165, 1.54) is 38.5 Å². The Morgan fingerprint density at radius 1 is 1.13 bits per heavy atom. The van der Waals surface area contributed by atoms with E-state index < -0.39 is 0 Å². The van der Waals surface area contributed by atoms with Gasteiger partial charge in [-0.05, 0) is 12.8 Å². The molecule has 1 unspecified atom stereocenters. The molecule has 1 atom stereocenters. The molecule has 1 aliphatic heterocycles. The first-order valence-corrected chi connectivity index (χ1v) is 6.46. The Hall–Kier alpha value is -0.120. The van der Waals surface area contributed by atoms with Gasteiger partial charge in [0, 0.05) is 25.7 Å². The van der Waals surface area contributed by atoms with E-state index in [4.69, 9.17) is 10.5 Å². The van der Waals surface area contributed by atoms with Crippen LogP contribution in [0.5, 0.6) is 0 Å². The van der Waals surface area contributed by atoms with Gasteiger partial charge in [-0.1, -0.05) is 25.7 Å². The van der Waals surface area contributed by atoms with E-state index in [-0.39, 0.29) is 6.10 Å². The predicted octanol–water partition coefficient (Wildman–Crippen LogP) is 1.37. The van der Waals surface area contributed by atoms with Crippen LogP contribution >= 0.6 is 0 Å². The highest BCUT2D eigenvalue weighted by Crippen LogP contribution is 2.23. The maximum atomic E-state index is 5.67. The first-order valence-electron chi connectivity index (χ1n) is 6.46. The summed E-state index contributed by atoms with van der Waals surface area (Å²) in [4.78, 5) is 2.62. The second kappa shape index (κ2) is 5.83. The Morgan fingerprint density at radius 2 is 1.87 bits per heavy atom. The van der Waals surface area contributed by atoms with E-state index in [1.54, 1.807) is 0 Å². The van der Waals surface area contributed by atoms with Gasteiger partial charge in [0.25, 0.3) is 0 Å². The monoisotopic (exact) mass is 212 g/mol. The molecule has 0 bridgehead atoms. The molecule has 1 aliphatic carbocycles. The molecule has 3 nitrogen and oxygen atoms in total. The van der Waals surface area contributed by atoms with Crippen molar-refractivity contribution < 1.29 is 4.74 Å². The first kappa shape index (κ1) is 11.4. The Labute approximate surface area is 93.0 Å². The molecule has 0 aromatic rings. The number of nitrogens with two attached hydrogens (primary N) is 1. The molecule has 1 saturated heterocycles. The molecule has 0 aromatic heterocycles. The van der Waals surface area contributed by atoms with Crippen LogP contribution in [-0.4, -0.2) is 43.3 Å². The van der Waals surface area contributed by atoms with Crippen LogP contribution in [0.4, 0.5) is 0 Å². The van der Waals surface area contributed by atoms with Crippen molar-refractivity contribution in [3.05, 3.63) is 0 Å². The van der Waals surface area contributed by atoms with Crippen molar-refractivity contribution in [2.24, 2.45) is 5.73 Å². The summed E-state index contributed by atoms with van der Waals surface area (Å²) in [6.07, 6.45) is 8.74. The van der Waals surface area contributed by atoms with Gasteiger partial charge >= 0.3 is 0 Å². The van der Waals surface area contributed by atoms with Gasteiger partial charge < -0.3 is 10.5 Å². The summed E-state index contributed by atoms with van der Waals surface area (Å²) >= 11 is 0. The highest BCUT2D eigenvalue weighted by atomic mass is 16.5. The van der Waals surface area contributed by atoms with Gasteiger partial charge in [0.2, 0.25) is 0 Å². The van der Waals surface area contributed by atoms with Crippen molar-refractivity contribution >= 4 is 0 Å². The summed E-state index contributed by atoms with van der Waals surface area (Å²) in [5.41, 5.74) is 5.67. The van der Waals surface area contributed by atoms with Gasteiger partial charge in [0.05, 0.1) is 12.7 Å². The average Bonchev–Trinajstić information content (AvgIpc) is 2.58. The zero-order chi connectivity index (χ0) is 10.5. The summed E-state index contributed by atoms with van der Waals surface area (Å²) in [7, 11) is 0. The lowest BCUT2D eigenvalue weighted by Crippen LogP contribution is -2.49. The van der Waals surface area contributed by atoms with Crippen LogP contribution in [-0.2, 0) is 4.74 Å². The molecule has 15 heavy (non-hydrogen) atoms. The number of rotatable bonds is 2. The van der Waals surface area contributed by atoms with Crippen molar-refractivity contribution in [2.75, 3.05) is 26.2 Å². The molecular formula is C12H24N2O. The Kier molecular flexibility index (Phi) is 4.42. The van der Waals surface area contributed by atoms with E-state index in [9.17, 15) is 0 Å². The van der Waals surface area contributed by atoms with E-state index in [2.05, 4.69) is 4.90 Å². The fourth-order valence-corrected chi connectivity index (χ4v) is 2.84. The van der Waals surface area contributed by atoms with E-state index in [0.29, 0.717) is 6.54 Å². The predicted molar refractivity (Wildman–Crippen MR) is 61.9 cm³/mol. The van der Waals surface area contributed by atoms with Crippen molar-refractivity contribution in [3.63, 3.8) is 0 Å². The Bertz CT molecular complexity index is 178. The molecule has 2 aliphatic rings. The van der Waals surface area contributed by atoms with Crippen LogP contribution in [0.25, 0.3) is 0 Å². The Morgan fingerprint density at radius 3 is 2.53 bits per heavy atom. The molecule has 2 rings (SSSR count). The van der Waals surface area contributed by atoms with Crippen molar-refractivity contribution in [2.45, 2.75) is 50.7 Å².